The van der Waals surface area contributed by atoms with Crippen LogP contribution >= 0.6 is 11.8 Å². The number of aromatic nitrogens is 4. The number of rotatable bonds is 13. The molecule has 5 aromatic rings. The van der Waals surface area contributed by atoms with Crippen LogP contribution in [0.25, 0.3) is 32.9 Å². The molecule has 17 heteroatoms. The molecular formula is C57H78F2N6O6SSi2. The van der Waals surface area contributed by atoms with Gasteiger partial charge in [-0.15, -0.1) is 5.54 Å². The minimum absolute atomic E-state index is 0.0152. The molecule has 1 atom stereocenters. The Morgan fingerprint density at radius 3 is 1.89 bits per heavy atom. The van der Waals surface area contributed by atoms with Gasteiger partial charge in [-0.3, -0.25) is 0 Å². The summed E-state index contributed by atoms with van der Waals surface area (Å²) in [6.07, 6.45) is 1.34. The predicted molar refractivity (Wildman–Crippen MR) is 302 cm³/mol. The molecular weight excluding hydrogens is 991 g/mol. The second-order valence-electron chi connectivity index (χ2n) is 23.3. The highest BCUT2D eigenvalue weighted by Gasteiger charge is 2.48. The third-order valence-electron chi connectivity index (χ3n) is 14.4. The van der Waals surface area contributed by atoms with E-state index in [0.717, 1.165) is 4.90 Å². The molecule has 0 fully saturated rings. The van der Waals surface area contributed by atoms with E-state index in [4.69, 9.17) is 33.6 Å². The van der Waals surface area contributed by atoms with Crippen molar-refractivity contribution in [1.29, 1.82) is 0 Å². The molecule has 3 aromatic heterocycles. The first kappa shape index (κ1) is 58.0. The average Bonchev–Trinajstić information content (AvgIpc) is 3.47. The molecule has 1 unspecified atom stereocenters. The van der Waals surface area contributed by atoms with E-state index < -0.39 is 57.5 Å². The summed E-state index contributed by atoms with van der Waals surface area (Å²) in [6.45, 7) is 38.9. The number of carbonyl (C=O) groups is 2. The van der Waals surface area contributed by atoms with Gasteiger partial charge in [-0.2, -0.15) is 4.90 Å². The van der Waals surface area contributed by atoms with E-state index in [2.05, 4.69) is 99.5 Å². The van der Waals surface area contributed by atoms with Crippen molar-refractivity contribution in [2.24, 2.45) is 0 Å². The number of benzene rings is 2. The summed E-state index contributed by atoms with van der Waals surface area (Å²) in [5.41, 5.74) is 4.08. The third kappa shape index (κ3) is 11.3. The molecule has 4 heterocycles. The topological polar surface area (TPSA) is 129 Å². The van der Waals surface area contributed by atoms with Gasteiger partial charge in [0.1, 0.15) is 59.9 Å². The Morgan fingerprint density at radius 2 is 1.36 bits per heavy atom. The number of hydrogen-bond acceptors (Lipinski definition) is 12. The molecule has 1 aliphatic rings. The van der Waals surface area contributed by atoms with Crippen molar-refractivity contribution in [2.75, 3.05) is 29.2 Å². The van der Waals surface area contributed by atoms with E-state index in [1.54, 1.807) is 72.1 Å². The Hall–Kier alpha value is -5.32. The maximum absolute atomic E-state index is 18.4. The zero-order chi connectivity index (χ0) is 55.2. The maximum Gasteiger partial charge on any atom is 0.425 e. The Morgan fingerprint density at radius 1 is 0.784 bits per heavy atom. The van der Waals surface area contributed by atoms with Gasteiger partial charge in [0.15, 0.2) is 16.8 Å². The first-order valence-corrected chi connectivity index (χ1v) is 31.6. The van der Waals surface area contributed by atoms with Crippen LogP contribution in [0, 0.1) is 23.1 Å². The summed E-state index contributed by atoms with van der Waals surface area (Å²) >= 11 is 1.24. The van der Waals surface area contributed by atoms with Gasteiger partial charge < -0.3 is 23.5 Å². The number of nitrogens with zero attached hydrogens (tertiary/aromatic N) is 6. The summed E-state index contributed by atoms with van der Waals surface area (Å²) in [5, 5.41) is 1.53. The molecule has 0 N–H and O–H groups in total. The van der Waals surface area contributed by atoms with Crippen molar-refractivity contribution in [2.45, 2.75) is 187 Å². The number of halogens is 2. The highest BCUT2D eigenvalue weighted by Crippen LogP contribution is 2.48. The number of imide groups is 1. The molecule has 12 nitrogen and oxygen atoms in total. The van der Waals surface area contributed by atoms with Crippen LogP contribution in [0.3, 0.4) is 0 Å². The molecule has 6 rings (SSSR count). The van der Waals surface area contributed by atoms with Crippen molar-refractivity contribution >= 4 is 73.7 Å². The van der Waals surface area contributed by atoms with Gasteiger partial charge in [-0.25, -0.2) is 38.3 Å². The Balaban J connectivity index is 1.67. The van der Waals surface area contributed by atoms with Gasteiger partial charge in [0.05, 0.1) is 18.2 Å². The van der Waals surface area contributed by atoms with E-state index in [-0.39, 0.29) is 85.4 Å². The first-order valence-electron chi connectivity index (χ1n) is 26.0. The molecule has 2 amide bonds. The van der Waals surface area contributed by atoms with Crippen molar-refractivity contribution in [3.8, 4) is 34.4 Å². The number of anilines is 2. The van der Waals surface area contributed by atoms with Crippen molar-refractivity contribution in [3.63, 3.8) is 0 Å². The number of hydrogen-bond donors (Lipinski definition) is 0. The summed E-state index contributed by atoms with van der Waals surface area (Å²) in [4.78, 5) is 50.0. The van der Waals surface area contributed by atoms with Crippen LogP contribution in [0.2, 0.25) is 33.2 Å². The lowest BCUT2D eigenvalue weighted by molar-refractivity contribution is 0.0428. The monoisotopic (exact) mass is 1070 g/mol. The van der Waals surface area contributed by atoms with Gasteiger partial charge in [0.25, 0.3) is 8.32 Å². The Labute approximate surface area is 444 Å². The van der Waals surface area contributed by atoms with Crippen LogP contribution in [0.4, 0.5) is 30.0 Å². The van der Waals surface area contributed by atoms with Crippen LogP contribution < -0.4 is 19.0 Å². The first-order chi connectivity index (χ1) is 34.4. The number of pyridine rings is 2. The summed E-state index contributed by atoms with van der Waals surface area (Å²) in [7, 11) is -4.98. The van der Waals surface area contributed by atoms with E-state index >= 15 is 8.78 Å². The largest absolute Gasteiger partial charge is 0.543 e. The van der Waals surface area contributed by atoms with Crippen LogP contribution in [0.5, 0.6) is 11.6 Å². The molecule has 1 aliphatic heterocycles. The summed E-state index contributed by atoms with van der Waals surface area (Å²) < 4.78 is 60.6. The highest BCUT2D eigenvalue weighted by atomic mass is 32.2. The van der Waals surface area contributed by atoms with Gasteiger partial charge in [-0.1, -0.05) is 113 Å². The van der Waals surface area contributed by atoms with E-state index in [1.807, 2.05) is 17.9 Å². The lowest BCUT2D eigenvalue weighted by Gasteiger charge is -2.42. The number of fused-ring (bicyclic) bond motifs is 1. The van der Waals surface area contributed by atoms with Crippen LogP contribution in [-0.2, 0) is 9.47 Å². The van der Waals surface area contributed by atoms with Gasteiger partial charge in [0, 0.05) is 22.7 Å². The standard InChI is InChI=1S/C57H78F2N6O6SSi2/c1-32(2)73(33(3)4,34(5)6)29-25-42-44(58)24-23-39-30-40(71-74(35(7)8,36(9)10)37(11)12)31-43(45(39)42)48-47(59)49-46-51(63-53(62-49)72-20)64(27-28-68-52(46)61-48)38(13)41-22-21-26-60-50(41)65(54(66)69-56(14,15)16)55(67)70-57(17,18)19/h21-24,26,30-38H,27-28H2,1-20H3. The zero-order valence-corrected chi connectivity index (χ0v) is 50.1. The lowest BCUT2D eigenvalue weighted by Crippen LogP contribution is -2.50. The molecule has 0 spiro atoms. The molecule has 0 saturated heterocycles. The van der Waals surface area contributed by atoms with Crippen molar-refractivity contribution in [3.05, 3.63) is 65.4 Å². The second-order valence-corrected chi connectivity index (χ2v) is 35.1. The molecule has 0 bridgehead atoms. The fraction of sp³-hybridized carbons (Fsp3) is 0.544. The molecule has 400 valence electrons. The van der Waals surface area contributed by atoms with Crippen LogP contribution in [0.15, 0.2) is 47.8 Å². The predicted octanol–water partition coefficient (Wildman–Crippen LogP) is 16.0. The van der Waals surface area contributed by atoms with E-state index in [1.165, 1.54) is 24.0 Å². The third-order valence-corrected chi connectivity index (χ3v) is 27.2. The summed E-state index contributed by atoms with van der Waals surface area (Å²) in [5.74, 6) is 3.04. The lowest BCUT2D eigenvalue weighted by atomic mass is 9.95. The molecule has 0 saturated carbocycles. The fourth-order valence-corrected chi connectivity index (χ4v) is 22.1. The molecule has 0 radical (unpaired) electrons. The Kier molecular flexibility index (Phi) is 17.3. The van der Waals surface area contributed by atoms with E-state index in [0.29, 0.717) is 33.5 Å². The number of carbonyl (C=O) groups excluding carboxylic acids is 2. The SMILES string of the molecule is CSc1nc2c3c(nc(-c4cc(O[Si](C(C)C)(C(C)C)C(C)C)cc5ccc(F)c(C#C[Si](C(C)C)(C(C)C)C(C)C)c45)c(F)c3n1)OCCN2C(C)c1cccnc1N(C(=O)OC(C)(C)C)C(=O)OC(C)(C)C. The molecule has 74 heavy (non-hydrogen) atoms. The maximum atomic E-state index is 18.4. The minimum atomic E-state index is -2.59. The second kappa shape index (κ2) is 22.1. The zero-order valence-electron chi connectivity index (χ0n) is 47.3. The van der Waals surface area contributed by atoms with Crippen molar-refractivity contribution < 1.29 is 37.0 Å². The highest BCUT2D eigenvalue weighted by molar-refractivity contribution is 7.98. The average molecular weight is 1070 g/mol. The summed E-state index contributed by atoms with van der Waals surface area (Å²) in [6, 6.07) is 9.67. The number of amides is 2. The van der Waals surface area contributed by atoms with E-state index in [9.17, 15) is 9.59 Å². The fourth-order valence-electron chi connectivity index (χ4n) is 11.3. The molecule has 2 aromatic carbocycles. The van der Waals surface area contributed by atoms with Gasteiger partial charge in [0.2, 0.25) is 5.88 Å². The molecule has 0 aliphatic carbocycles. The number of ether oxygens (including phenoxy) is 3. The quantitative estimate of drug-likeness (QED) is 0.0482. The van der Waals surface area contributed by atoms with Crippen LogP contribution in [0.1, 0.15) is 149 Å². The van der Waals surface area contributed by atoms with Crippen molar-refractivity contribution in [1.82, 2.24) is 19.9 Å². The number of thioether (sulfide) groups is 1. The van der Waals surface area contributed by atoms with Crippen LogP contribution in [-0.4, -0.2) is 79.1 Å². The van der Waals surface area contributed by atoms with Gasteiger partial charge >= 0.3 is 12.2 Å². The smallest absolute Gasteiger partial charge is 0.425 e. The van der Waals surface area contributed by atoms with Gasteiger partial charge in [-0.05, 0) is 118 Å². The minimum Gasteiger partial charge on any atom is -0.543 e. The normalized spacial score (nSPS) is 14.0. The Bertz CT molecular complexity index is 2910.